The van der Waals surface area contributed by atoms with Crippen molar-refractivity contribution in [3.8, 4) is 0 Å². The van der Waals surface area contributed by atoms with E-state index < -0.39 is 0 Å². The number of nitrogens with zero attached hydrogens (tertiary/aromatic N) is 2. The van der Waals surface area contributed by atoms with Crippen LogP contribution in [0, 0.1) is 0 Å². The van der Waals surface area contributed by atoms with Gasteiger partial charge in [0.25, 0.3) is 0 Å². The van der Waals surface area contributed by atoms with E-state index in [1.807, 2.05) is 0 Å². The Balaban J connectivity index is 2.22. The molecule has 0 bridgehead atoms. The van der Waals surface area contributed by atoms with Crippen molar-refractivity contribution < 1.29 is 0 Å². The first-order valence-corrected chi connectivity index (χ1v) is 6.37. The standard InChI is InChI=1S/C12H27N3/c1-4-6-13-11-12(2)15-8-5-7-14(3)9-10-15/h12-13H,4-11H2,1-3H3. The Labute approximate surface area is 94.8 Å². The van der Waals surface area contributed by atoms with Gasteiger partial charge in [-0.3, -0.25) is 4.90 Å². The molecule has 0 amide bonds. The van der Waals surface area contributed by atoms with Crippen LogP contribution in [-0.4, -0.2) is 62.2 Å². The molecule has 0 saturated carbocycles. The van der Waals surface area contributed by atoms with Crippen molar-refractivity contribution in [2.24, 2.45) is 0 Å². The molecule has 90 valence electrons. The van der Waals surface area contributed by atoms with Crippen LogP contribution in [0.15, 0.2) is 0 Å². The van der Waals surface area contributed by atoms with Crippen LogP contribution >= 0.6 is 0 Å². The molecule has 3 heteroatoms. The Kier molecular flexibility index (Phi) is 6.22. The number of hydrogen-bond acceptors (Lipinski definition) is 3. The molecule has 1 heterocycles. The third-order valence-corrected chi connectivity index (χ3v) is 3.24. The summed E-state index contributed by atoms with van der Waals surface area (Å²) in [7, 11) is 2.23. The minimum Gasteiger partial charge on any atom is -0.315 e. The van der Waals surface area contributed by atoms with E-state index in [0.717, 1.165) is 13.1 Å². The van der Waals surface area contributed by atoms with Crippen LogP contribution in [0.5, 0.6) is 0 Å². The van der Waals surface area contributed by atoms with Crippen molar-refractivity contribution in [2.75, 3.05) is 46.3 Å². The Bertz CT molecular complexity index is 161. The van der Waals surface area contributed by atoms with E-state index >= 15 is 0 Å². The normalized spacial score (nSPS) is 22.6. The lowest BCUT2D eigenvalue weighted by Crippen LogP contribution is -2.42. The van der Waals surface area contributed by atoms with Gasteiger partial charge in [-0.05, 0) is 46.4 Å². The van der Waals surface area contributed by atoms with E-state index in [0.29, 0.717) is 6.04 Å². The zero-order valence-corrected chi connectivity index (χ0v) is 10.6. The topological polar surface area (TPSA) is 18.5 Å². The van der Waals surface area contributed by atoms with Crippen molar-refractivity contribution in [3.63, 3.8) is 0 Å². The molecule has 1 unspecified atom stereocenters. The average molecular weight is 213 g/mol. The molecular weight excluding hydrogens is 186 g/mol. The number of rotatable bonds is 5. The van der Waals surface area contributed by atoms with Crippen molar-refractivity contribution in [1.82, 2.24) is 15.1 Å². The molecule has 0 aliphatic carbocycles. The van der Waals surface area contributed by atoms with Crippen molar-refractivity contribution >= 4 is 0 Å². The molecule has 15 heavy (non-hydrogen) atoms. The van der Waals surface area contributed by atoms with E-state index in [4.69, 9.17) is 0 Å². The third kappa shape index (κ3) is 4.96. The fourth-order valence-corrected chi connectivity index (χ4v) is 2.12. The highest BCUT2D eigenvalue weighted by Crippen LogP contribution is 2.05. The molecule has 0 radical (unpaired) electrons. The molecule has 3 nitrogen and oxygen atoms in total. The molecule has 1 atom stereocenters. The van der Waals surface area contributed by atoms with Gasteiger partial charge in [0.2, 0.25) is 0 Å². The monoisotopic (exact) mass is 213 g/mol. The summed E-state index contributed by atoms with van der Waals surface area (Å²) >= 11 is 0. The lowest BCUT2D eigenvalue weighted by atomic mass is 10.2. The summed E-state index contributed by atoms with van der Waals surface area (Å²) in [6.07, 6.45) is 2.55. The second kappa shape index (κ2) is 7.20. The minimum absolute atomic E-state index is 0.683. The number of hydrogen-bond donors (Lipinski definition) is 1. The SMILES string of the molecule is CCCNCC(C)N1CCCN(C)CC1. The fraction of sp³-hybridized carbons (Fsp3) is 1.00. The van der Waals surface area contributed by atoms with Crippen molar-refractivity contribution in [3.05, 3.63) is 0 Å². The Hall–Kier alpha value is -0.120. The van der Waals surface area contributed by atoms with Gasteiger partial charge in [-0.25, -0.2) is 0 Å². The van der Waals surface area contributed by atoms with Crippen LogP contribution in [0.4, 0.5) is 0 Å². The summed E-state index contributed by atoms with van der Waals surface area (Å²) < 4.78 is 0. The van der Waals surface area contributed by atoms with E-state index in [9.17, 15) is 0 Å². The quantitative estimate of drug-likeness (QED) is 0.688. The van der Waals surface area contributed by atoms with E-state index in [1.54, 1.807) is 0 Å². The highest BCUT2D eigenvalue weighted by Gasteiger charge is 2.16. The Morgan fingerprint density at radius 3 is 2.73 bits per heavy atom. The molecular formula is C12H27N3. The first-order chi connectivity index (χ1) is 7.24. The van der Waals surface area contributed by atoms with Crippen LogP contribution in [0.3, 0.4) is 0 Å². The molecule has 0 aromatic heterocycles. The highest BCUT2D eigenvalue weighted by molar-refractivity contribution is 4.74. The van der Waals surface area contributed by atoms with Gasteiger partial charge in [0, 0.05) is 25.7 Å². The second-order valence-electron chi connectivity index (χ2n) is 4.75. The van der Waals surface area contributed by atoms with Gasteiger partial charge in [-0.15, -0.1) is 0 Å². The zero-order chi connectivity index (χ0) is 11.1. The van der Waals surface area contributed by atoms with Crippen LogP contribution in [0.25, 0.3) is 0 Å². The van der Waals surface area contributed by atoms with Crippen LogP contribution in [-0.2, 0) is 0 Å². The predicted molar refractivity (Wildman–Crippen MR) is 66.3 cm³/mol. The van der Waals surface area contributed by atoms with E-state index in [-0.39, 0.29) is 0 Å². The van der Waals surface area contributed by atoms with Gasteiger partial charge in [0.1, 0.15) is 0 Å². The fourth-order valence-electron chi connectivity index (χ4n) is 2.12. The Morgan fingerprint density at radius 2 is 2.00 bits per heavy atom. The maximum Gasteiger partial charge on any atom is 0.0192 e. The maximum atomic E-state index is 3.51. The van der Waals surface area contributed by atoms with Crippen molar-refractivity contribution in [2.45, 2.75) is 32.7 Å². The van der Waals surface area contributed by atoms with Gasteiger partial charge in [-0.2, -0.15) is 0 Å². The minimum atomic E-state index is 0.683. The summed E-state index contributed by atoms with van der Waals surface area (Å²) in [5.41, 5.74) is 0. The van der Waals surface area contributed by atoms with Crippen LogP contribution < -0.4 is 5.32 Å². The lowest BCUT2D eigenvalue weighted by molar-refractivity contribution is 0.210. The summed E-state index contributed by atoms with van der Waals surface area (Å²) in [5.74, 6) is 0. The van der Waals surface area contributed by atoms with Crippen molar-refractivity contribution in [1.29, 1.82) is 0 Å². The van der Waals surface area contributed by atoms with Gasteiger partial charge >= 0.3 is 0 Å². The molecule has 1 saturated heterocycles. The first kappa shape index (κ1) is 12.9. The average Bonchev–Trinajstić information content (AvgIpc) is 2.43. The summed E-state index contributed by atoms with van der Waals surface area (Å²) in [6.45, 7) is 11.8. The molecule has 1 fully saturated rings. The summed E-state index contributed by atoms with van der Waals surface area (Å²) in [4.78, 5) is 5.05. The predicted octanol–water partition coefficient (Wildman–Crippen LogP) is 1.01. The zero-order valence-electron chi connectivity index (χ0n) is 10.6. The lowest BCUT2D eigenvalue weighted by Gasteiger charge is -2.27. The van der Waals surface area contributed by atoms with E-state index in [2.05, 4.69) is 36.0 Å². The largest absolute Gasteiger partial charge is 0.315 e. The summed E-state index contributed by atoms with van der Waals surface area (Å²) in [5, 5.41) is 3.51. The Morgan fingerprint density at radius 1 is 1.20 bits per heavy atom. The van der Waals surface area contributed by atoms with Gasteiger partial charge in [0.15, 0.2) is 0 Å². The highest BCUT2D eigenvalue weighted by atomic mass is 15.2. The molecule has 0 spiro atoms. The smallest absolute Gasteiger partial charge is 0.0192 e. The van der Waals surface area contributed by atoms with Gasteiger partial charge < -0.3 is 10.2 Å². The van der Waals surface area contributed by atoms with Gasteiger partial charge in [0.05, 0.1) is 0 Å². The molecule has 1 aliphatic heterocycles. The van der Waals surface area contributed by atoms with Crippen LogP contribution in [0.1, 0.15) is 26.7 Å². The van der Waals surface area contributed by atoms with E-state index in [1.165, 1.54) is 39.0 Å². The van der Waals surface area contributed by atoms with Gasteiger partial charge in [-0.1, -0.05) is 6.92 Å². The number of nitrogens with one attached hydrogen (secondary N) is 1. The summed E-state index contributed by atoms with van der Waals surface area (Å²) in [6, 6.07) is 0.683. The first-order valence-electron chi connectivity index (χ1n) is 6.37. The molecule has 1 N–H and O–H groups in total. The molecule has 1 rings (SSSR count). The second-order valence-corrected chi connectivity index (χ2v) is 4.75. The maximum absolute atomic E-state index is 3.51. The molecule has 0 aromatic rings. The number of likely N-dealkylation sites (N-methyl/N-ethyl adjacent to an activating group) is 1. The third-order valence-electron chi connectivity index (χ3n) is 3.24. The molecule has 1 aliphatic rings. The molecule has 0 aromatic carbocycles. The van der Waals surface area contributed by atoms with Crippen LogP contribution in [0.2, 0.25) is 0 Å².